The Morgan fingerprint density at radius 2 is 1.93 bits per heavy atom. The number of hydrogen-bond donors (Lipinski definition) is 1. The van der Waals surface area contributed by atoms with Crippen LogP contribution in [0.25, 0.3) is 0 Å². The van der Waals surface area contributed by atoms with Gasteiger partial charge in [0, 0.05) is 0 Å². The van der Waals surface area contributed by atoms with E-state index < -0.39 is 0 Å². The molecule has 3 aliphatic carbocycles. The van der Waals surface area contributed by atoms with E-state index in [4.69, 9.17) is 0 Å². The van der Waals surface area contributed by atoms with Crippen LogP contribution in [-0.4, -0.2) is 11.2 Å². The maximum absolute atomic E-state index is 10.2. The second-order valence-corrected chi connectivity index (χ2v) is 7.24. The van der Waals surface area contributed by atoms with Gasteiger partial charge in [-0.25, -0.2) is 0 Å². The van der Waals surface area contributed by atoms with Gasteiger partial charge in [0.15, 0.2) is 0 Å². The molecule has 0 aliphatic heterocycles. The lowest BCUT2D eigenvalue weighted by Crippen LogP contribution is -2.32. The molecule has 0 saturated heterocycles. The third kappa shape index (κ3) is 1.13. The zero-order valence-electron chi connectivity index (χ0n) is 10.3. The summed E-state index contributed by atoms with van der Waals surface area (Å²) < 4.78 is 0. The molecule has 0 heterocycles. The average molecular weight is 208 g/mol. The Morgan fingerprint density at radius 3 is 2.67 bits per heavy atom. The fourth-order valence-electron chi connectivity index (χ4n) is 5.55. The average Bonchev–Trinajstić information content (AvgIpc) is 2.61. The normalized spacial score (nSPS) is 56.8. The summed E-state index contributed by atoms with van der Waals surface area (Å²) in [5, 5.41) is 10.2. The predicted octanol–water partition coefficient (Wildman–Crippen LogP) is 3.22. The van der Waals surface area contributed by atoms with Gasteiger partial charge in [-0.1, -0.05) is 20.8 Å². The first-order valence-corrected chi connectivity index (χ1v) is 6.64. The summed E-state index contributed by atoms with van der Waals surface area (Å²) in [4.78, 5) is 0. The van der Waals surface area contributed by atoms with Crippen LogP contribution in [0.1, 0.15) is 52.9 Å². The fourth-order valence-corrected chi connectivity index (χ4v) is 5.55. The first-order valence-electron chi connectivity index (χ1n) is 6.64. The lowest BCUT2D eigenvalue weighted by atomic mass is 9.69. The van der Waals surface area contributed by atoms with E-state index in [1.54, 1.807) is 0 Å². The molecule has 1 heteroatoms. The Kier molecular flexibility index (Phi) is 1.89. The van der Waals surface area contributed by atoms with E-state index in [0.29, 0.717) is 16.7 Å². The summed E-state index contributed by atoms with van der Waals surface area (Å²) in [6, 6.07) is 0. The monoisotopic (exact) mass is 208 g/mol. The molecule has 0 bridgehead atoms. The lowest BCUT2D eigenvalue weighted by molar-refractivity contribution is 0.0664. The zero-order valence-corrected chi connectivity index (χ0v) is 10.3. The van der Waals surface area contributed by atoms with E-state index in [1.807, 2.05) is 0 Å². The quantitative estimate of drug-likeness (QED) is 0.648. The second kappa shape index (κ2) is 2.80. The molecule has 1 N–H and O–H groups in total. The molecule has 0 amide bonds. The minimum absolute atomic E-state index is 0.0241. The van der Waals surface area contributed by atoms with Gasteiger partial charge in [0.2, 0.25) is 0 Å². The summed E-state index contributed by atoms with van der Waals surface area (Å²) in [7, 11) is 0. The largest absolute Gasteiger partial charge is 0.393 e. The van der Waals surface area contributed by atoms with Crippen molar-refractivity contribution >= 4 is 0 Å². The Hall–Kier alpha value is -0.0400. The van der Waals surface area contributed by atoms with Crippen molar-refractivity contribution in [3.63, 3.8) is 0 Å². The molecule has 5 atom stereocenters. The van der Waals surface area contributed by atoms with E-state index in [0.717, 1.165) is 18.3 Å². The highest BCUT2D eigenvalue weighted by Gasteiger charge is 2.64. The van der Waals surface area contributed by atoms with Crippen LogP contribution in [-0.2, 0) is 0 Å². The molecule has 0 aromatic carbocycles. The SMILES string of the molecule is CC1CCC2C(O)CC3CC(C)(C)CC132. The van der Waals surface area contributed by atoms with Gasteiger partial charge in [-0.05, 0) is 60.7 Å². The standard InChI is InChI=1S/C14H24O/c1-9-4-5-11-12(15)6-10-7-13(2,3)8-14(9,10)11/h9-12,15H,4-8H2,1-3H3. The van der Waals surface area contributed by atoms with Gasteiger partial charge < -0.3 is 5.11 Å². The molecule has 3 fully saturated rings. The van der Waals surface area contributed by atoms with Crippen LogP contribution in [0.4, 0.5) is 0 Å². The van der Waals surface area contributed by atoms with Crippen LogP contribution >= 0.6 is 0 Å². The van der Waals surface area contributed by atoms with Crippen LogP contribution in [0, 0.1) is 28.6 Å². The highest BCUT2D eigenvalue weighted by Crippen LogP contribution is 2.70. The van der Waals surface area contributed by atoms with Crippen molar-refractivity contribution in [2.75, 3.05) is 0 Å². The molecular formula is C14H24O. The molecule has 86 valence electrons. The summed E-state index contributed by atoms with van der Waals surface area (Å²) in [5.41, 5.74) is 1.06. The smallest absolute Gasteiger partial charge is 0.0576 e. The van der Waals surface area contributed by atoms with E-state index in [2.05, 4.69) is 20.8 Å². The number of hydrogen-bond acceptors (Lipinski definition) is 1. The fraction of sp³-hybridized carbons (Fsp3) is 1.00. The summed E-state index contributed by atoms with van der Waals surface area (Å²) >= 11 is 0. The van der Waals surface area contributed by atoms with Crippen LogP contribution in [0.5, 0.6) is 0 Å². The van der Waals surface area contributed by atoms with Crippen molar-refractivity contribution in [3.8, 4) is 0 Å². The number of aliphatic hydroxyl groups excluding tert-OH is 1. The summed E-state index contributed by atoms with van der Waals surface area (Å²) in [6.07, 6.45) is 6.48. The zero-order chi connectivity index (χ0) is 10.8. The Balaban J connectivity index is 2.00. The number of aliphatic hydroxyl groups is 1. The topological polar surface area (TPSA) is 20.2 Å². The third-order valence-corrected chi connectivity index (χ3v) is 5.85. The molecule has 5 unspecified atom stereocenters. The molecule has 0 aromatic rings. The lowest BCUT2D eigenvalue weighted by Gasteiger charge is -2.36. The Labute approximate surface area is 93.3 Å². The maximum Gasteiger partial charge on any atom is 0.0576 e. The van der Waals surface area contributed by atoms with Crippen molar-refractivity contribution in [2.45, 2.75) is 59.0 Å². The molecule has 15 heavy (non-hydrogen) atoms. The van der Waals surface area contributed by atoms with E-state index in [9.17, 15) is 5.11 Å². The van der Waals surface area contributed by atoms with E-state index in [-0.39, 0.29) is 6.10 Å². The van der Waals surface area contributed by atoms with Crippen molar-refractivity contribution in [1.82, 2.24) is 0 Å². The van der Waals surface area contributed by atoms with Crippen LogP contribution in [0.3, 0.4) is 0 Å². The van der Waals surface area contributed by atoms with E-state index in [1.165, 1.54) is 25.7 Å². The summed E-state index contributed by atoms with van der Waals surface area (Å²) in [5.74, 6) is 2.32. The maximum atomic E-state index is 10.2. The highest BCUT2D eigenvalue weighted by atomic mass is 16.3. The predicted molar refractivity (Wildman–Crippen MR) is 61.4 cm³/mol. The van der Waals surface area contributed by atoms with E-state index >= 15 is 0 Å². The van der Waals surface area contributed by atoms with Gasteiger partial charge in [-0.15, -0.1) is 0 Å². The molecule has 3 aliphatic rings. The van der Waals surface area contributed by atoms with Crippen LogP contribution < -0.4 is 0 Å². The highest BCUT2D eigenvalue weighted by molar-refractivity contribution is 5.14. The number of rotatable bonds is 0. The molecular weight excluding hydrogens is 184 g/mol. The van der Waals surface area contributed by atoms with Crippen molar-refractivity contribution in [2.24, 2.45) is 28.6 Å². The van der Waals surface area contributed by atoms with Crippen molar-refractivity contribution in [3.05, 3.63) is 0 Å². The first-order chi connectivity index (χ1) is 6.96. The van der Waals surface area contributed by atoms with Gasteiger partial charge in [-0.2, -0.15) is 0 Å². The molecule has 0 radical (unpaired) electrons. The second-order valence-electron chi connectivity index (χ2n) is 7.24. The molecule has 3 rings (SSSR count). The molecule has 3 saturated carbocycles. The molecule has 1 nitrogen and oxygen atoms in total. The third-order valence-electron chi connectivity index (χ3n) is 5.85. The Bertz CT molecular complexity index is 283. The van der Waals surface area contributed by atoms with Gasteiger partial charge in [0.1, 0.15) is 0 Å². The Morgan fingerprint density at radius 1 is 1.20 bits per heavy atom. The van der Waals surface area contributed by atoms with Crippen molar-refractivity contribution < 1.29 is 5.11 Å². The van der Waals surface area contributed by atoms with Gasteiger partial charge in [0.25, 0.3) is 0 Å². The van der Waals surface area contributed by atoms with Crippen molar-refractivity contribution in [1.29, 1.82) is 0 Å². The minimum atomic E-state index is 0.0241. The molecule has 0 aromatic heterocycles. The van der Waals surface area contributed by atoms with Gasteiger partial charge >= 0.3 is 0 Å². The molecule has 1 spiro atoms. The van der Waals surface area contributed by atoms with Gasteiger partial charge in [0.05, 0.1) is 6.10 Å². The first kappa shape index (κ1) is 10.1. The minimum Gasteiger partial charge on any atom is -0.393 e. The van der Waals surface area contributed by atoms with Gasteiger partial charge in [-0.3, -0.25) is 0 Å². The van der Waals surface area contributed by atoms with Crippen LogP contribution in [0.2, 0.25) is 0 Å². The summed E-state index contributed by atoms with van der Waals surface area (Å²) in [6.45, 7) is 7.29. The van der Waals surface area contributed by atoms with Crippen LogP contribution in [0.15, 0.2) is 0 Å².